The lowest BCUT2D eigenvalue weighted by molar-refractivity contribution is -0.122. The highest BCUT2D eigenvalue weighted by molar-refractivity contribution is 6.39. The molecule has 0 radical (unpaired) electrons. The average molecular weight is 480 g/mol. The Morgan fingerprint density at radius 3 is 2.50 bits per heavy atom. The third-order valence-electron chi connectivity index (χ3n) is 6.65. The van der Waals surface area contributed by atoms with Gasteiger partial charge in [-0.1, -0.05) is 24.6 Å². The Bertz CT molecular complexity index is 1230. The Balaban J connectivity index is 1.79. The molecule has 6 nitrogen and oxygen atoms in total. The molecule has 1 atom stereocenters. The average Bonchev–Trinajstić information content (AvgIpc) is 2.70. The van der Waals surface area contributed by atoms with Crippen molar-refractivity contribution >= 4 is 46.9 Å². The molecule has 0 aliphatic carbocycles. The molecule has 1 saturated heterocycles. The summed E-state index contributed by atoms with van der Waals surface area (Å²) in [5.41, 5.74) is 4.35. The second-order valence-electron chi connectivity index (χ2n) is 10.1. The minimum Gasteiger partial charge on any atom is -0.364 e. The number of amides is 4. The number of fused-ring (bicyclic) bond motifs is 1. The first-order valence-corrected chi connectivity index (χ1v) is 11.9. The van der Waals surface area contributed by atoms with E-state index in [2.05, 4.69) is 57.0 Å². The largest absolute Gasteiger partial charge is 0.364 e. The SMILES string of the molecule is Cc1cc2c(cc1/C=C1\C(=O)NC(=O)N(c3cccc(Cl)c3)C1=O)C(C)CC(C)(C)N2C(C)C. The molecule has 1 N–H and O–H groups in total. The van der Waals surface area contributed by atoms with Crippen LogP contribution < -0.4 is 15.1 Å². The van der Waals surface area contributed by atoms with Crippen LogP contribution in [0.5, 0.6) is 0 Å². The zero-order chi connectivity index (χ0) is 24.9. The summed E-state index contributed by atoms with van der Waals surface area (Å²) in [6, 6.07) is 10.2. The monoisotopic (exact) mass is 479 g/mol. The predicted octanol–water partition coefficient (Wildman–Crippen LogP) is 5.82. The fourth-order valence-corrected chi connectivity index (χ4v) is 5.59. The molecule has 2 aromatic rings. The standard InChI is InChI=1S/C27H30ClN3O3/c1-15(2)31-23-10-16(3)18(11-21(23)17(4)14-27(31,5)6)12-22-24(32)29-26(34)30(25(22)33)20-9-7-8-19(28)13-20/h7-13,15,17H,14H2,1-6H3,(H,29,32,34)/b22-12+. The van der Waals surface area contributed by atoms with Crippen LogP contribution in [-0.4, -0.2) is 29.4 Å². The van der Waals surface area contributed by atoms with Gasteiger partial charge in [0.1, 0.15) is 5.57 Å². The molecule has 0 aromatic heterocycles. The number of rotatable bonds is 3. The summed E-state index contributed by atoms with van der Waals surface area (Å²) in [4.78, 5) is 41.8. The summed E-state index contributed by atoms with van der Waals surface area (Å²) in [6.07, 6.45) is 2.58. The number of aryl methyl sites for hydroxylation is 1. The maximum atomic E-state index is 13.3. The Hall–Kier alpha value is -3.12. The first-order chi connectivity index (χ1) is 15.9. The Kier molecular flexibility index (Phi) is 6.06. The van der Waals surface area contributed by atoms with E-state index in [-0.39, 0.29) is 11.1 Å². The van der Waals surface area contributed by atoms with Crippen molar-refractivity contribution in [2.24, 2.45) is 0 Å². The Labute approximate surface area is 205 Å². The normalized spacial score (nSPS) is 21.2. The number of hydrogen-bond donors (Lipinski definition) is 1. The van der Waals surface area contributed by atoms with Crippen molar-refractivity contribution < 1.29 is 14.4 Å². The predicted molar refractivity (Wildman–Crippen MR) is 136 cm³/mol. The maximum Gasteiger partial charge on any atom is 0.335 e. The molecule has 2 heterocycles. The van der Waals surface area contributed by atoms with Gasteiger partial charge in [0.15, 0.2) is 0 Å². The van der Waals surface area contributed by atoms with Crippen molar-refractivity contribution in [1.82, 2.24) is 5.32 Å². The summed E-state index contributed by atoms with van der Waals surface area (Å²) in [6.45, 7) is 13.1. The minimum atomic E-state index is -0.792. The zero-order valence-corrected chi connectivity index (χ0v) is 21.2. The van der Waals surface area contributed by atoms with Gasteiger partial charge in [-0.15, -0.1) is 0 Å². The third kappa shape index (κ3) is 4.11. The molecule has 2 aliphatic heterocycles. The quantitative estimate of drug-likeness (QED) is 0.445. The minimum absolute atomic E-state index is 0.0179. The van der Waals surface area contributed by atoms with Crippen LogP contribution in [0.4, 0.5) is 16.2 Å². The van der Waals surface area contributed by atoms with Crippen LogP contribution in [0.2, 0.25) is 5.02 Å². The van der Waals surface area contributed by atoms with Crippen LogP contribution in [-0.2, 0) is 9.59 Å². The molecule has 2 aliphatic rings. The molecule has 7 heteroatoms. The maximum absolute atomic E-state index is 13.3. The van der Waals surface area contributed by atoms with E-state index in [0.29, 0.717) is 22.7 Å². The molecular formula is C27H30ClN3O3. The highest BCUT2D eigenvalue weighted by Crippen LogP contribution is 2.45. The van der Waals surface area contributed by atoms with Crippen LogP contribution >= 0.6 is 11.6 Å². The molecule has 4 amide bonds. The Morgan fingerprint density at radius 1 is 1.15 bits per heavy atom. The molecule has 0 spiro atoms. The lowest BCUT2D eigenvalue weighted by atomic mass is 9.78. The fourth-order valence-electron chi connectivity index (χ4n) is 5.41. The van der Waals surface area contributed by atoms with Gasteiger partial charge in [-0.05, 0) is 100 Å². The summed E-state index contributed by atoms with van der Waals surface area (Å²) in [5, 5.41) is 2.67. The molecule has 34 heavy (non-hydrogen) atoms. The number of anilines is 2. The highest BCUT2D eigenvalue weighted by atomic mass is 35.5. The topological polar surface area (TPSA) is 69.7 Å². The molecule has 2 aromatic carbocycles. The van der Waals surface area contributed by atoms with Gasteiger partial charge in [0.05, 0.1) is 5.69 Å². The van der Waals surface area contributed by atoms with Gasteiger partial charge in [0.25, 0.3) is 11.8 Å². The second kappa shape index (κ2) is 8.58. The Morgan fingerprint density at radius 2 is 1.85 bits per heavy atom. The summed E-state index contributed by atoms with van der Waals surface area (Å²) >= 11 is 6.05. The van der Waals surface area contributed by atoms with E-state index in [4.69, 9.17) is 11.6 Å². The van der Waals surface area contributed by atoms with Crippen LogP contribution in [0.25, 0.3) is 6.08 Å². The first-order valence-electron chi connectivity index (χ1n) is 11.5. The van der Waals surface area contributed by atoms with Crippen LogP contribution in [0.1, 0.15) is 63.6 Å². The second-order valence-corrected chi connectivity index (χ2v) is 10.5. The molecule has 0 bridgehead atoms. The van der Waals surface area contributed by atoms with Gasteiger partial charge in [-0.2, -0.15) is 0 Å². The lowest BCUT2D eigenvalue weighted by Gasteiger charge is -2.50. The van der Waals surface area contributed by atoms with E-state index in [1.807, 2.05) is 6.92 Å². The number of nitrogens with one attached hydrogen (secondary N) is 1. The number of carbonyl (C=O) groups excluding carboxylic acids is 3. The van der Waals surface area contributed by atoms with Crippen LogP contribution in [0.15, 0.2) is 42.0 Å². The van der Waals surface area contributed by atoms with E-state index in [9.17, 15) is 14.4 Å². The molecular weight excluding hydrogens is 450 g/mol. The summed E-state index contributed by atoms with van der Waals surface area (Å²) in [5.74, 6) is -1.06. The van der Waals surface area contributed by atoms with E-state index < -0.39 is 17.8 Å². The van der Waals surface area contributed by atoms with Crippen molar-refractivity contribution in [1.29, 1.82) is 0 Å². The molecule has 4 rings (SSSR count). The number of benzene rings is 2. The molecule has 0 saturated carbocycles. The van der Waals surface area contributed by atoms with Crippen molar-refractivity contribution in [2.45, 2.75) is 65.5 Å². The lowest BCUT2D eigenvalue weighted by Crippen LogP contribution is -2.54. The smallest absolute Gasteiger partial charge is 0.335 e. The summed E-state index contributed by atoms with van der Waals surface area (Å²) < 4.78 is 0. The number of barbiturate groups is 1. The van der Waals surface area contributed by atoms with Crippen LogP contribution in [0.3, 0.4) is 0 Å². The van der Waals surface area contributed by atoms with Gasteiger partial charge in [-0.25, -0.2) is 9.69 Å². The van der Waals surface area contributed by atoms with E-state index in [0.717, 1.165) is 22.4 Å². The van der Waals surface area contributed by atoms with Gasteiger partial charge in [0, 0.05) is 22.3 Å². The van der Waals surface area contributed by atoms with Crippen molar-refractivity contribution in [3.8, 4) is 0 Å². The van der Waals surface area contributed by atoms with Crippen molar-refractivity contribution in [3.63, 3.8) is 0 Å². The van der Waals surface area contributed by atoms with E-state index in [1.54, 1.807) is 24.3 Å². The molecule has 1 unspecified atom stereocenters. The van der Waals surface area contributed by atoms with Gasteiger partial charge >= 0.3 is 6.03 Å². The van der Waals surface area contributed by atoms with E-state index >= 15 is 0 Å². The molecule has 178 valence electrons. The number of halogens is 1. The number of hydrogen-bond acceptors (Lipinski definition) is 4. The highest BCUT2D eigenvalue weighted by Gasteiger charge is 2.39. The third-order valence-corrected chi connectivity index (χ3v) is 6.88. The summed E-state index contributed by atoms with van der Waals surface area (Å²) in [7, 11) is 0. The van der Waals surface area contributed by atoms with Crippen LogP contribution in [0, 0.1) is 6.92 Å². The van der Waals surface area contributed by atoms with E-state index in [1.165, 1.54) is 17.3 Å². The first kappa shape index (κ1) is 24.0. The number of urea groups is 1. The number of nitrogens with zero attached hydrogens (tertiary/aromatic N) is 2. The number of carbonyl (C=O) groups is 3. The van der Waals surface area contributed by atoms with Crippen molar-refractivity contribution in [3.05, 3.63) is 63.7 Å². The van der Waals surface area contributed by atoms with Gasteiger partial charge in [-0.3, -0.25) is 14.9 Å². The van der Waals surface area contributed by atoms with Crippen molar-refractivity contribution in [2.75, 3.05) is 9.80 Å². The van der Waals surface area contributed by atoms with Gasteiger partial charge in [0.2, 0.25) is 0 Å². The number of imide groups is 2. The zero-order valence-electron chi connectivity index (χ0n) is 20.4. The fraction of sp³-hybridized carbons (Fsp3) is 0.370. The molecule has 1 fully saturated rings. The van der Waals surface area contributed by atoms with Gasteiger partial charge < -0.3 is 4.90 Å².